The summed E-state index contributed by atoms with van der Waals surface area (Å²) in [5, 5.41) is 34.0. The summed E-state index contributed by atoms with van der Waals surface area (Å²) in [6, 6.07) is 0.376. The van der Waals surface area contributed by atoms with E-state index >= 15 is 0 Å². The average Bonchev–Trinajstić information content (AvgIpc) is 3.41. The summed E-state index contributed by atoms with van der Waals surface area (Å²) in [6.45, 7) is 1.73. The first kappa shape index (κ1) is 19.8. The van der Waals surface area contributed by atoms with E-state index in [1.165, 1.54) is 12.8 Å². The van der Waals surface area contributed by atoms with E-state index in [0.717, 1.165) is 25.0 Å². The van der Waals surface area contributed by atoms with E-state index in [1.54, 1.807) is 22.7 Å². The Morgan fingerprint density at radius 2 is 2.04 bits per heavy atom. The molecule has 0 aromatic carbocycles. The molecule has 2 aromatic rings. The van der Waals surface area contributed by atoms with E-state index in [9.17, 15) is 15.3 Å². The molecule has 3 heterocycles. The van der Waals surface area contributed by atoms with Crippen LogP contribution in [0.3, 0.4) is 0 Å². The van der Waals surface area contributed by atoms with Crippen LogP contribution in [0.5, 0.6) is 0 Å². The number of aromatic nitrogens is 4. The van der Waals surface area contributed by atoms with Crippen molar-refractivity contribution >= 4 is 28.7 Å². The second-order valence-corrected chi connectivity index (χ2v) is 8.44. The molecule has 1 saturated heterocycles. The lowest BCUT2D eigenvalue weighted by atomic mass is 10.1. The molecule has 0 spiro atoms. The Balaban J connectivity index is 1.71. The number of nitrogens with zero attached hydrogens (tertiary/aromatic N) is 4. The minimum atomic E-state index is -1.18. The van der Waals surface area contributed by atoms with Crippen LogP contribution in [-0.4, -0.2) is 71.6 Å². The number of ether oxygens (including phenoxy) is 1. The van der Waals surface area contributed by atoms with Crippen molar-refractivity contribution in [3.05, 3.63) is 6.33 Å². The van der Waals surface area contributed by atoms with Gasteiger partial charge in [0.1, 0.15) is 18.3 Å². The van der Waals surface area contributed by atoms with Crippen LogP contribution in [0.2, 0.25) is 0 Å². The SMILES string of the molecule is CCCSc1nc(NC2CCCC2)c2ncn([C@@H]3O[C@H](CO)[C@@H](O)[C@H]3O)c2n1. The normalized spacial score (nSPS) is 28.4. The number of aliphatic hydroxyl groups excluding tert-OH is 3. The second-order valence-electron chi connectivity index (χ2n) is 7.38. The predicted molar refractivity (Wildman–Crippen MR) is 105 cm³/mol. The number of rotatable bonds is 7. The van der Waals surface area contributed by atoms with Crippen molar-refractivity contribution in [2.45, 2.75) is 74.8 Å². The maximum absolute atomic E-state index is 10.4. The lowest BCUT2D eigenvalue weighted by Gasteiger charge is -2.17. The molecular formula is C18H27N5O4S. The highest BCUT2D eigenvalue weighted by Crippen LogP contribution is 2.34. The molecule has 4 rings (SSSR count). The highest BCUT2D eigenvalue weighted by molar-refractivity contribution is 7.99. The van der Waals surface area contributed by atoms with Gasteiger partial charge < -0.3 is 25.4 Å². The van der Waals surface area contributed by atoms with Gasteiger partial charge in [0.2, 0.25) is 0 Å². The van der Waals surface area contributed by atoms with Crippen LogP contribution in [0, 0.1) is 0 Å². The first-order valence-electron chi connectivity index (χ1n) is 9.88. The van der Waals surface area contributed by atoms with Gasteiger partial charge in [0, 0.05) is 11.8 Å². The van der Waals surface area contributed by atoms with Crippen molar-refractivity contribution in [3.63, 3.8) is 0 Å². The number of hydrogen-bond donors (Lipinski definition) is 4. The summed E-state index contributed by atoms with van der Waals surface area (Å²) < 4.78 is 7.29. The first-order chi connectivity index (χ1) is 13.6. The van der Waals surface area contributed by atoms with Gasteiger partial charge in [-0.3, -0.25) is 4.57 Å². The Morgan fingerprint density at radius 1 is 1.25 bits per heavy atom. The fourth-order valence-electron chi connectivity index (χ4n) is 3.81. The molecule has 0 unspecified atom stereocenters. The van der Waals surface area contributed by atoms with E-state index in [0.29, 0.717) is 28.2 Å². The molecule has 4 atom stereocenters. The van der Waals surface area contributed by atoms with Gasteiger partial charge in [-0.2, -0.15) is 0 Å². The summed E-state index contributed by atoms with van der Waals surface area (Å²) in [7, 11) is 0. The Kier molecular flexibility index (Phi) is 6.02. The van der Waals surface area contributed by atoms with E-state index in [4.69, 9.17) is 4.74 Å². The van der Waals surface area contributed by atoms with E-state index < -0.39 is 24.5 Å². The van der Waals surface area contributed by atoms with E-state index in [1.807, 2.05) is 0 Å². The largest absolute Gasteiger partial charge is 0.394 e. The Bertz CT molecular complexity index is 813. The van der Waals surface area contributed by atoms with E-state index in [-0.39, 0.29) is 6.61 Å². The molecule has 10 heteroatoms. The number of aliphatic hydroxyl groups is 3. The van der Waals surface area contributed by atoms with Gasteiger partial charge in [-0.25, -0.2) is 15.0 Å². The lowest BCUT2D eigenvalue weighted by Crippen LogP contribution is -2.33. The summed E-state index contributed by atoms with van der Waals surface area (Å²) in [6.07, 6.45) is 3.14. The summed E-state index contributed by atoms with van der Waals surface area (Å²) in [5.74, 6) is 1.59. The molecule has 2 aromatic heterocycles. The van der Waals surface area contributed by atoms with Gasteiger partial charge >= 0.3 is 0 Å². The molecule has 0 amide bonds. The van der Waals surface area contributed by atoms with Crippen molar-refractivity contribution in [3.8, 4) is 0 Å². The molecule has 0 bridgehead atoms. The van der Waals surface area contributed by atoms with Crippen LogP contribution >= 0.6 is 11.8 Å². The molecule has 154 valence electrons. The smallest absolute Gasteiger partial charge is 0.191 e. The minimum absolute atomic E-state index is 0.373. The van der Waals surface area contributed by atoms with Gasteiger partial charge in [0.05, 0.1) is 12.9 Å². The molecule has 28 heavy (non-hydrogen) atoms. The molecule has 0 radical (unpaired) electrons. The fourth-order valence-corrected chi connectivity index (χ4v) is 4.51. The third-order valence-electron chi connectivity index (χ3n) is 5.32. The minimum Gasteiger partial charge on any atom is -0.394 e. The maximum atomic E-state index is 10.4. The molecule has 2 aliphatic rings. The first-order valence-corrected chi connectivity index (χ1v) is 10.9. The third kappa shape index (κ3) is 3.71. The van der Waals surface area contributed by atoms with Crippen LogP contribution in [0.15, 0.2) is 11.5 Å². The summed E-state index contributed by atoms with van der Waals surface area (Å²) >= 11 is 1.57. The zero-order valence-corrected chi connectivity index (χ0v) is 16.7. The Morgan fingerprint density at radius 3 is 2.71 bits per heavy atom. The van der Waals surface area contributed by atoms with Crippen LogP contribution in [0.4, 0.5) is 5.82 Å². The van der Waals surface area contributed by atoms with Gasteiger partial charge in [0.25, 0.3) is 0 Å². The fraction of sp³-hybridized carbons (Fsp3) is 0.722. The zero-order chi connectivity index (χ0) is 19.7. The molecule has 1 aliphatic heterocycles. The standard InChI is InChI=1S/C18H27N5O4S/c1-2-7-28-18-21-15(20-10-5-3-4-6-10)12-16(22-18)23(9-19-12)17-14(26)13(25)11(8-24)27-17/h9-11,13-14,17,24-26H,2-8H2,1H3,(H,20,21,22)/t11-,13-,14-,17-/m1/s1. The van der Waals surface area contributed by atoms with Crippen LogP contribution < -0.4 is 5.32 Å². The lowest BCUT2D eigenvalue weighted by molar-refractivity contribution is -0.0511. The van der Waals surface area contributed by atoms with Crippen LogP contribution in [0.25, 0.3) is 11.2 Å². The zero-order valence-electron chi connectivity index (χ0n) is 15.9. The quantitative estimate of drug-likeness (QED) is 0.395. The predicted octanol–water partition coefficient (Wildman–Crippen LogP) is 1.29. The second kappa shape index (κ2) is 8.50. The third-order valence-corrected chi connectivity index (χ3v) is 6.38. The van der Waals surface area contributed by atoms with Crippen molar-refractivity contribution in [2.24, 2.45) is 0 Å². The highest BCUT2D eigenvalue weighted by atomic mass is 32.2. The van der Waals surface area contributed by atoms with Gasteiger partial charge in [-0.1, -0.05) is 31.5 Å². The van der Waals surface area contributed by atoms with Crippen molar-refractivity contribution in [1.82, 2.24) is 19.5 Å². The van der Waals surface area contributed by atoms with Crippen molar-refractivity contribution in [1.29, 1.82) is 0 Å². The molecule has 1 saturated carbocycles. The number of thioether (sulfide) groups is 1. The molecular weight excluding hydrogens is 382 g/mol. The van der Waals surface area contributed by atoms with Gasteiger partial charge in [-0.15, -0.1) is 0 Å². The van der Waals surface area contributed by atoms with Crippen molar-refractivity contribution < 1.29 is 20.1 Å². The van der Waals surface area contributed by atoms with Crippen molar-refractivity contribution in [2.75, 3.05) is 17.7 Å². The van der Waals surface area contributed by atoms with Crippen LogP contribution in [-0.2, 0) is 4.74 Å². The van der Waals surface area contributed by atoms with Gasteiger partial charge in [-0.05, 0) is 19.3 Å². The summed E-state index contributed by atoms with van der Waals surface area (Å²) in [5.41, 5.74) is 1.16. The monoisotopic (exact) mass is 409 g/mol. The number of fused-ring (bicyclic) bond motifs is 1. The molecule has 4 N–H and O–H groups in total. The van der Waals surface area contributed by atoms with Gasteiger partial charge in [0.15, 0.2) is 28.4 Å². The van der Waals surface area contributed by atoms with E-state index in [2.05, 4.69) is 27.2 Å². The number of anilines is 1. The molecule has 2 fully saturated rings. The topological polar surface area (TPSA) is 126 Å². The number of nitrogens with one attached hydrogen (secondary N) is 1. The Hall–Kier alpha value is -1.46. The van der Waals surface area contributed by atoms with Crippen LogP contribution in [0.1, 0.15) is 45.3 Å². The highest BCUT2D eigenvalue weighted by Gasteiger charge is 2.44. The molecule has 1 aliphatic carbocycles. The maximum Gasteiger partial charge on any atom is 0.191 e. The molecule has 9 nitrogen and oxygen atoms in total. The Labute approximate surface area is 167 Å². The number of hydrogen-bond acceptors (Lipinski definition) is 9. The number of imidazole rings is 1. The summed E-state index contributed by atoms with van der Waals surface area (Å²) in [4.78, 5) is 13.8. The average molecular weight is 410 g/mol.